The molecule has 0 spiro atoms. The number of aromatic nitrogens is 1. The third kappa shape index (κ3) is 8.71. The van der Waals surface area contributed by atoms with E-state index >= 15 is 0 Å². The van der Waals surface area contributed by atoms with Crippen LogP contribution < -0.4 is 15.4 Å². The van der Waals surface area contributed by atoms with E-state index in [1.807, 2.05) is 4.72 Å². The first-order valence-electron chi connectivity index (χ1n) is 11.6. The van der Waals surface area contributed by atoms with Gasteiger partial charge in [-0.2, -0.15) is 0 Å². The molecular weight excluding hydrogens is 531 g/mol. The molecule has 0 saturated heterocycles. The summed E-state index contributed by atoms with van der Waals surface area (Å²) in [5.74, 6) is -2.77. The van der Waals surface area contributed by atoms with Crippen molar-refractivity contribution in [1.82, 2.24) is 20.3 Å². The summed E-state index contributed by atoms with van der Waals surface area (Å²) in [6.07, 6.45) is 1.48. The molecule has 13 heteroatoms. The van der Waals surface area contributed by atoms with Crippen molar-refractivity contribution >= 4 is 33.7 Å². The second-order valence-electron chi connectivity index (χ2n) is 8.12. The van der Waals surface area contributed by atoms with Crippen LogP contribution in [0.15, 0.2) is 71.8 Å². The maximum Gasteiger partial charge on any atom is 0.302 e. The molecule has 0 radical (unpaired) electrons. The Morgan fingerprint density at radius 3 is 2.08 bits per heavy atom. The van der Waals surface area contributed by atoms with Gasteiger partial charge in [-0.15, -0.1) is 0 Å². The molecule has 3 rings (SSSR count). The van der Waals surface area contributed by atoms with Crippen molar-refractivity contribution in [3.8, 4) is 0 Å². The zero-order chi connectivity index (χ0) is 28.4. The van der Waals surface area contributed by atoms with Crippen LogP contribution in [0.2, 0.25) is 0 Å². The van der Waals surface area contributed by atoms with Crippen molar-refractivity contribution in [2.75, 3.05) is 19.7 Å². The number of nitrogens with zero attached hydrogens (tertiary/aromatic N) is 1. The molecule has 0 saturated carbocycles. The third-order valence-corrected chi connectivity index (χ3v) is 6.56. The Kier molecular flexibility index (Phi) is 9.81. The van der Waals surface area contributed by atoms with Crippen LogP contribution in [0.1, 0.15) is 43.7 Å². The van der Waals surface area contributed by atoms with Gasteiger partial charge in [0, 0.05) is 25.2 Å². The van der Waals surface area contributed by atoms with Gasteiger partial charge in [-0.1, -0.05) is 12.1 Å². The molecule has 11 nitrogen and oxygen atoms in total. The minimum Gasteiger partial charge on any atom is -0.464 e. The Bertz CT molecular complexity index is 1440. The number of nitrogens with one attached hydrogen (secondary N) is 3. The first-order valence-corrected chi connectivity index (χ1v) is 13.1. The fourth-order valence-electron chi connectivity index (χ4n) is 3.21. The molecule has 0 atom stereocenters. The average molecular weight is 557 g/mol. The minimum absolute atomic E-state index is 0.00547. The molecule has 3 N–H and O–H groups in total. The Balaban J connectivity index is 1.50. The first kappa shape index (κ1) is 28.9. The maximum absolute atomic E-state index is 13.0. The second kappa shape index (κ2) is 13.2. The molecule has 0 fully saturated rings. The largest absolute Gasteiger partial charge is 0.464 e. The van der Waals surface area contributed by atoms with Gasteiger partial charge in [-0.05, 0) is 60.5 Å². The highest BCUT2D eigenvalue weighted by atomic mass is 32.2. The third-order valence-electron chi connectivity index (χ3n) is 5.22. The number of amides is 3. The van der Waals surface area contributed by atoms with Gasteiger partial charge in [0.2, 0.25) is 0 Å². The maximum atomic E-state index is 13.0. The average Bonchev–Trinajstić information content (AvgIpc) is 2.91. The normalized spacial score (nSPS) is 10.8. The van der Waals surface area contributed by atoms with Crippen LogP contribution in [-0.2, 0) is 26.0 Å². The van der Waals surface area contributed by atoms with Crippen LogP contribution in [0.3, 0.4) is 0 Å². The lowest BCUT2D eigenvalue weighted by molar-refractivity contribution is -0.140. The van der Waals surface area contributed by atoms with Gasteiger partial charge in [0.15, 0.2) is 0 Å². The Hall–Kier alpha value is -4.65. The highest BCUT2D eigenvalue weighted by Gasteiger charge is 2.19. The molecular formula is C26H25FN4O7S. The number of ether oxygens (including phenoxy) is 1. The van der Waals surface area contributed by atoms with Crippen LogP contribution in [-0.4, -0.2) is 56.8 Å². The van der Waals surface area contributed by atoms with Crippen LogP contribution in [0.5, 0.6) is 0 Å². The van der Waals surface area contributed by atoms with E-state index in [0.717, 1.165) is 11.8 Å². The van der Waals surface area contributed by atoms with Crippen molar-refractivity contribution in [1.29, 1.82) is 0 Å². The van der Waals surface area contributed by atoms with E-state index in [1.54, 1.807) is 12.1 Å². The Labute approximate surface area is 223 Å². The quantitative estimate of drug-likeness (QED) is 0.237. The molecule has 0 aliphatic carbocycles. The molecule has 0 bridgehead atoms. The lowest BCUT2D eigenvalue weighted by Crippen LogP contribution is -2.31. The molecule has 3 amide bonds. The zero-order valence-electron chi connectivity index (χ0n) is 20.8. The molecule has 0 aliphatic rings. The number of pyridine rings is 1. The topological polar surface area (TPSA) is 161 Å². The molecule has 204 valence electrons. The monoisotopic (exact) mass is 556 g/mol. The van der Waals surface area contributed by atoms with E-state index in [0.29, 0.717) is 12.0 Å². The van der Waals surface area contributed by atoms with Crippen molar-refractivity contribution in [3.63, 3.8) is 0 Å². The number of carbonyl (C=O) groups excluding carboxylic acids is 4. The van der Waals surface area contributed by atoms with Gasteiger partial charge in [-0.3, -0.25) is 24.2 Å². The molecule has 1 aromatic heterocycles. The van der Waals surface area contributed by atoms with E-state index in [-0.39, 0.29) is 41.8 Å². The molecule has 0 aliphatic heterocycles. The van der Waals surface area contributed by atoms with Crippen molar-refractivity contribution in [2.45, 2.75) is 18.2 Å². The zero-order valence-corrected chi connectivity index (χ0v) is 21.6. The van der Waals surface area contributed by atoms with Crippen LogP contribution >= 0.6 is 0 Å². The number of esters is 1. The summed E-state index contributed by atoms with van der Waals surface area (Å²) < 4.78 is 44.9. The van der Waals surface area contributed by atoms with Gasteiger partial charge in [0.25, 0.3) is 27.7 Å². The van der Waals surface area contributed by atoms with Gasteiger partial charge in [-0.25, -0.2) is 17.5 Å². The Morgan fingerprint density at radius 1 is 0.821 bits per heavy atom. The number of halogens is 1. The number of carbonyl (C=O) groups is 4. The van der Waals surface area contributed by atoms with E-state index in [4.69, 9.17) is 4.74 Å². The lowest BCUT2D eigenvalue weighted by Gasteiger charge is -2.09. The molecule has 1 heterocycles. The summed E-state index contributed by atoms with van der Waals surface area (Å²) in [5.41, 5.74) is 0.966. The number of rotatable bonds is 11. The van der Waals surface area contributed by atoms with Crippen LogP contribution in [0, 0.1) is 5.82 Å². The van der Waals surface area contributed by atoms with E-state index in [2.05, 4.69) is 15.6 Å². The van der Waals surface area contributed by atoms with Crippen LogP contribution in [0.4, 0.5) is 4.39 Å². The standard InChI is InChI=1S/C26H25FN4O7S/c1-17(32)38-15-14-29-26(35)23-11-6-20(16-30-23)25(34)31-39(36,37)22-9-2-18(3-10-22)12-13-28-24(33)19-4-7-21(27)8-5-19/h2-11,16H,12-15H2,1H3,(H,28,33)(H,29,35)(H,31,34). The summed E-state index contributed by atoms with van der Waals surface area (Å²) in [6.45, 7) is 1.58. The smallest absolute Gasteiger partial charge is 0.302 e. The van der Waals surface area contributed by atoms with Crippen molar-refractivity contribution in [3.05, 3.63) is 95.1 Å². The predicted molar refractivity (Wildman–Crippen MR) is 137 cm³/mol. The number of hydrogen-bond acceptors (Lipinski definition) is 8. The highest BCUT2D eigenvalue weighted by molar-refractivity contribution is 7.90. The fourth-order valence-corrected chi connectivity index (χ4v) is 4.19. The van der Waals surface area contributed by atoms with Gasteiger partial charge in [0.05, 0.1) is 17.0 Å². The molecule has 2 aromatic carbocycles. The predicted octanol–water partition coefficient (Wildman–Crippen LogP) is 1.60. The van der Waals surface area contributed by atoms with Crippen LogP contribution in [0.25, 0.3) is 0 Å². The molecule has 0 unspecified atom stereocenters. The van der Waals surface area contributed by atoms with Gasteiger partial charge >= 0.3 is 5.97 Å². The summed E-state index contributed by atoms with van der Waals surface area (Å²) in [7, 11) is -4.19. The van der Waals surface area contributed by atoms with Crippen molar-refractivity contribution < 1.29 is 36.7 Å². The van der Waals surface area contributed by atoms with E-state index < -0.39 is 33.6 Å². The summed E-state index contributed by atoms with van der Waals surface area (Å²) >= 11 is 0. The Morgan fingerprint density at radius 2 is 1.46 bits per heavy atom. The van der Waals surface area contributed by atoms with E-state index in [9.17, 15) is 32.0 Å². The van der Waals surface area contributed by atoms with E-state index in [1.165, 1.54) is 55.5 Å². The highest BCUT2D eigenvalue weighted by Crippen LogP contribution is 2.12. The number of hydrogen-bond donors (Lipinski definition) is 3. The summed E-state index contributed by atoms with van der Waals surface area (Å²) in [6, 6.07) is 13.4. The SMILES string of the molecule is CC(=O)OCCNC(=O)c1ccc(C(=O)NS(=O)(=O)c2ccc(CCNC(=O)c3ccc(F)cc3)cc2)cn1. The summed E-state index contributed by atoms with van der Waals surface area (Å²) in [5, 5.41) is 5.18. The minimum atomic E-state index is -4.19. The molecule has 39 heavy (non-hydrogen) atoms. The number of sulfonamides is 1. The second-order valence-corrected chi connectivity index (χ2v) is 9.80. The van der Waals surface area contributed by atoms with Gasteiger partial charge in [0.1, 0.15) is 18.1 Å². The molecule has 3 aromatic rings. The first-order chi connectivity index (χ1) is 18.5. The lowest BCUT2D eigenvalue weighted by atomic mass is 10.1. The number of benzene rings is 2. The fraction of sp³-hybridized carbons (Fsp3) is 0.192. The van der Waals surface area contributed by atoms with Crippen molar-refractivity contribution in [2.24, 2.45) is 0 Å². The van der Waals surface area contributed by atoms with Gasteiger partial charge < -0.3 is 15.4 Å². The summed E-state index contributed by atoms with van der Waals surface area (Å²) in [4.78, 5) is 51.0.